The fourth-order valence-corrected chi connectivity index (χ4v) is 11.2. The number of allylic oxidation sites excluding steroid dienone is 1. The van der Waals surface area contributed by atoms with Crippen molar-refractivity contribution >= 4 is 22.9 Å². The third-order valence-corrected chi connectivity index (χ3v) is 16.7. The first-order chi connectivity index (χ1) is 15.5. The zero-order chi connectivity index (χ0) is 25.4. The maximum Gasteiger partial charge on any atom is 0.192 e. The Hall–Kier alpha value is -0.236. The quantitative estimate of drug-likeness (QED) is 0.215. The third-order valence-electron chi connectivity index (χ3n) is 11.2. The summed E-state index contributed by atoms with van der Waals surface area (Å²) in [5.74, 6) is 2.04. The first-order valence-electron chi connectivity index (χ1n) is 14.0. The van der Waals surface area contributed by atoms with Gasteiger partial charge >= 0.3 is 0 Å². The molecule has 0 spiro atoms. The summed E-state index contributed by atoms with van der Waals surface area (Å²) >= 11 is 0. The van der Waals surface area contributed by atoms with Gasteiger partial charge in [0.1, 0.15) is 5.60 Å². The lowest BCUT2D eigenvalue weighted by Gasteiger charge is -2.59. The Morgan fingerprint density at radius 3 is 2.21 bits per heavy atom. The van der Waals surface area contributed by atoms with E-state index in [4.69, 9.17) is 8.85 Å². The topological polar surface area (TPSA) is 35.5 Å². The van der Waals surface area contributed by atoms with Gasteiger partial charge < -0.3 is 13.6 Å². The van der Waals surface area contributed by atoms with Crippen LogP contribution in [0.2, 0.25) is 37.8 Å². The summed E-state index contributed by atoms with van der Waals surface area (Å²) in [7, 11) is -3.57. The molecule has 3 fully saturated rings. The Bertz CT molecular complexity index is 837. The molecule has 0 heterocycles. The van der Waals surface area contributed by atoms with Crippen molar-refractivity contribution in [3.63, 3.8) is 0 Å². The van der Waals surface area contributed by atoms with Crippen molar-refractivity contribution in [3.8, 4) is 0 Å². The van der Waals surface area contributed by atoms with Crippen LogP contribution in [0.25, 0.3) is 0 Å². The largest absolute Gasteiger partial charge is 0.414 e. The van der Waals surface area contributed by atoms with E-state index in [1.54, 1.807) is 5.57 Å². The predicted octanol–water partition coefficient (Wildman–Crippen LogP) is 8.13. The summed E-state index contributed by atoms with van der Waals surface area (Å²) in [4.78, 5) is 12.6. The minimum atomic E-state index is -1.82. The van der Waals surface area contributed by atoms with E-state index in [0.29, 0.717) is 23.4 Å². The van der Waals surface area contributed by atoms with Crippen LogP contribution in [0.4, 0.5) is 0 Å². The normalized spacial score (nSPS) is 42.9. The number of hydrogen-bond donors (Lipinski definition) is 0. The SMILES string of the molecule is CC(C)(C)[Si](C)(C)O[C@H]1CC[C@@]2(C)C(=CC[C@@H]3[C@@H]2CC[C@@]2(C)[C@H]3CC[C@@]2(C=O)O[Si](C)(C)C)C1. The fourth-order valence-electron chi connectivity index (χ4n) is 8.29. The Labute approximate surface area is 212 Å². The van der Waals surface area contributed by atoms with Gasteiger partial charge in [0.15, 0.2) is 22.9 Å². The Balaban J connectivity index is 1.56. The molecule has 0 aromatic carbocycles. The number of aldehydes is 1. The van der Waals surface area contributed by atoms with Crippen LogP contribution in [0.1, 0.15) is 86.0 Å². The number of carbonyl (C=O) groups excluding carboxylic acids is 1. The molecular weight excluding hydrogens is 452 g/mol. The van der Waals surface area contributed by atoms with Crippen molar-refractivity contribution in [2.45, 2.75) is 135 Å². The lowest BCUT2D eigenvalue weighted by atomic mass is 9.47. The molecular formula is C29H52O3Si2. The molecule has 194 valence electrons. The molecule has 4 rings (SSSR count). The van der Waals surface area contributed by atoms with Crippen molar-refractivity contribution < 1.29 is 13.6 Å². The second-order valence-electron chi connectivity index (χ2n) is 15.2. The number of rotatable bonds is 5. The maximum absolute atomic E-state index is 12.6. The highest BCUT2D eigenvalue weighted by Crippen LogP contribution is 2.68. The Kier molecular flexibility index (Phi) is 6.62. The molecule has 0 aliphatic heterocycles. The van der Waals surface area contributed by atoms with E-state index < -0.39 is 22.2 Å². The van der Waals surface area contributed by atoms with Crippen LogP contribution in [0.3, 0.4) is 0 Å². The first kappa shape index (κ1) is 26.8. The molecule has 4 aliphatic carbocycles. The molecule has 0 N–H and O–H groups in total. The molecule has 0 saturated heterocycles. The average Bonchev–Trinajstić information content (AvgIpc) is 2.98. The monoisotopic (exact) mass is 504 g/mol. The van der Waals surface area contributed by atoms with Gasteiger partial charge in [-0.25, -0.2) is 0 Å². The summed E-state index contributed by atoms with van der Waals surface area (Å²) in [5.41, 5.74) is 1.42. The van der Waals surface area contributed by atoms with Crippen LogP contribution in [-0.2, 0) is 13.6 Å². The molecule has 0 unspecified atom stereocenters. The second-order valence-corrected chi connectivity index (χ2v) is 24.4. The number of carbonyl (C=O) groups is 1. The van der Waals surface area contributed by atoms with E-state index in [-0.39, 0.29) is 10.5 Å². The standard InChI is InChI=1S/C29H52O3Si2/c1-26(2,3)34(9,10)31-22-13-16-27(4)21(19-22)11-12-23-24(27)14-17-28(5)25(23)15-18-29(28,20-30)32-33(6,7)8/h11,20,22-25H,12-19H2,1-10H3/t22-,23+,24-,25-,27-,28-,29-/m0/s1. The van der Waals surface area contributed by atoms with Crippen LogP contribution < -0.4 is 0 Å². The Morgan fingerprint density at radius 1 is 0.971 bits per heavy atom. The fraction of sp³-hybridized carbons (Fsp3) is 0.897. The van der Waals surface area contributed by atoms with Crippen molar-refractivity contribution in [1.29, 1.82) is 0 Å². The lowest BCUT2D eigenvalue weighted by molar-refractivity contribution is -0.144. The Morgan fingerprint density at radius 2 is 1.62 bits per heavy atom. The predicted molar refractivity (Wildman–Crippen MR) is 147 cm³/mol. The van der Waals surface area contributed by atoms with Crippen molar-refractivity contribution in [2.75, 3.05) is 0 Å². The molecule has 0 aromatic rings. The van der Waals surface area contributed by atoms with Crippen LogP contribution in [0.5, 0.6) is 0 Å². The second kappa shape index (κ2) is 8.39. The molecule has 5 heteroatoms. The minimum Gasteiger partial charge on any atom is -0.414 e. The highest BCUT2D eigenvalue weighted by Gasteiger charge is 2.65. The van der Waals surface area contributed by atoms with E-state index in [0.717, 1.165) is 31.6 Å². The van der Waals surface area contributed by atoms with Crippen molar-refractivity contribution in [2.24, 2.45) is 28.6 Å². The first-order valence-corrected chi connectivity index (χ1v) is 20.3. The van der Waals surface area contributed by atoms with E-state index in [1.165, 1.54) is 32.0 Å². The number of hydrogen-bond acceptors (Lipinski definition) is 3. The molecule has 0 bridgehead atoms. The molecule has 34 heavy (non-hydrogen) atoms. The van der Waals surface area contributed by atoms with Gasteiger partial charge in [0.05, 0.1) is 0 Å². The van der Waals surface area contributed by atoms with Gasteiger partial charge in [0, 0.05) is 11.5 Å². The highest BCUT2D eigenvalue weighted by molar-refractivity contribution is 6.74. The molecule has 0 aromatic heterocycles. The van der Waals surface area contributed by atoms with Crippen molar-refractivity contribution in [1.82, 2.24) is 0 Å². The van der Waals surface area contributed by atoms with Crippen molar-refractivity contribution in [3.05, 3.63) is 11.6 Å². The zero-order valence-electron chi connectivity index (χ0n) is 23.8. The number of fused-ring (bicyclic) bond motifs is 5. The molecule has 7 atom stereocenters. The van der Waals surface area contributed by atoms with E-state index in [9.17, 15) is 4.79 Å². The maximum atomic E-state index is 12.6. The van der Waals surface area contributed by atoms with Gasteiger partial charge in [0.2, 0.25) is 0 Å². The van der Waals surface area contributed by atoms with Gasteiger partial charge in [-0.1, -0.05) is 46.3 Å². The summed E-state index contributed by atoms with van der Waals surface area (Å²) in [6, 6.07) is 0. The van der Waals surface area contributed by atoms with Gasteiger partial charge in [0.25, 0.3) is 0 Å². The van der Waals surface area contributed by atoms with Crippen LogP contribution >= 0.6 is 0 Å². The van der Waals surface area contributed by atoms with E-state index in [2.05, 4.69) is 73.4 Å². The molecule has 4 aliphatic rings. The summed E-state index contributed by atoms with van der Waals surface area (Å²) in [6.45, 7) is 23.5. The molecule has 3 nitrogen and oxygen atoms in total. The molecule has 0 radical (unpaired) electrons. The average molecular weight is 505 g/mol. The van der Waals surface area contributed by atoms with Gasteiger partial charge in [-0.15, -0.1) is 0 Å². The third kappa shape index (κ3) is 4.18. The van der Waals surface area contributed by atoms with Gasteiger partial charge in [-0.2, -0.15) is 0 Å². The summed E-state index contributed by atoms with van der Waals surface area (Å²) in [6.07, 6.45) is 13.4. The van der Waals surface area contributed by atoms with Gasteiger partial charge in [-0.05, 0) is 112 Å². The molecule has 3 saturated carbocycles. The van der Waals surface area contributed by atoms with Crippen LogP contribution in [0.15, 0.2) is 11.6 Å². The van der Waals surface area contributed by atoms with Crippen LogP contribution in [-0.4, -0.2) is 34.6 Å². The molecule has 0 amide bonds. The van der Waals surface area contributed by atoms with E-state index >= 15 is 0 Å². The smallest absolute Gasteiger partial charge is 0.192 e. The van der Waals surface area contributed by atoms with Gasteiger partial charge in [-0.3, -0.25) is 0 Å². The minimum absolute atomic E-state index is 0.0133. The summed E-state index contributed by atoms with van der Waals surface area (Å²) in [5, 5.41) is 0.263. The summed E-state index contributed by atoms with van der Waals surface area (Å²) < 4.78 is 13.6. The van der Waals surface area contributed by atoms with E-state index in [1.807, 2.05) is 0 Å². The highest BCUT2D eigenvalue weighted by atomic mass is 28.4. The zero-order valence-corrected chi connectivity index (χ0v) is 25.8. The van der Waals surface area contributed by atoms with Crippen LogP contribution in [0, 0.1) is 28.6 Å². The lowest BCUT2D eigenvalue weighted by Crippen LogP contribution is -2.58.